The highest BCUT2D eigenvalue weighted by Crippen LogP contribution is 2.31. The zero-order valence-corrected chi connectivity index (χ0v) is 20.0. The van der Waals surface area contributed by atoms with Gasteiger partial charge in [0.25, 0.3) is 5.91 Å². The first kappa shape index (κ1) is 22.7. The Bertz CT molecular complexity index is 1060. The summed E-state index contributed by atoms with van der Waals surface area (Å²) in [5, 5.41) is 5.48. The van der Waals surface area contributed by atoms with Gasteiger partial charge in [-0.05, 0) is 52.5 Å². The van der Waals surface area contributed by atoms with Gasteiger partial charge in [0.15, 0.2) is 15.5 Å². The molecule has 0 spiro atoms. The van der Waals surface area contributed by atoms with E-state index in [0.717, 1.165) is 23.2 Å². The second-order valence-electron chi connectivity index (χ2n) is 9.67. The number of hydrogen-bond acceptors (Lipinski definition) is 5. The van der Waals surface area contributed by atoms with Crippen molar-refractivity contribution in [2.24, 2.45) is 0 Å². The highest BCUT2D eigenvalue weighted by molar-refractivity contribution is 7.91. The summed E-state index contributed by atoms with van der Waals surface area (Å²) >= 11 is 0. The summed E-state index contributed by atoms with van der Waals surface area (Å²) in [7, 11) is -3.08. The Kier molecular flexibility index (Phi) is 6.02. The molecule has 1 aliphatic rings. The number of carbonyl (C=O) groups excluding carboxylic acids is 1. The van der Waals surface area contributed by atoms with E-state index in [1.165, 1.54) is 0 Å². The van der Waals surface area contributed by atoms with Gasteiger partial charge in [-0.25, -0.2) is 18.1 Å². The summed E-state index contributed by atoms with van der Waals surface area (Å²) in [6.07, 6.45) is 1.27. The van der Waals surface area contributed by atoms with Gasteiger partial charge < -0.3 is 4.90 Å². The van der Waals surface area contributed by atoms with Crippen molar-refractivity contribution >= 4 is 26.8 Å². The Morgan fingerprint density at radius 3 is 2.50 bits per heavy atom. The molecule has 0 aliphatic carbocycles. The molecule has 1 aliphatic heterocycles. The molecule has 7 nitrogen and oxygen atoms in total. The molecule has 2 aromatic rings. The van der Waals surface area contributed by atoms with Gasteiger partial charge in [0.05, 0.1) is 33.7 Å². The molecule has 30 heavy (non-hydrogen) atoms. The number of pyridine rings is 1. The average molecular weight is 435 g/mol. The van der Waals surface area contributed by atoms with E-state index < -0.39 is 9.84 Å². The molecule has 2 aromatic heterocycles. The second kappa shape index (κ2) is 7.94. The SMILES string of the molecule is CCCN(C(=O)c1cc(C(C)C)nc2c1c(C)nn2C(C)(C)C)C1CCS(=O)(=O)C1. The molecule has 1 atom stereocenters. The zero-order valence-electron chi connectivity index (χ0n) is 19.2. The summed E-state index contributed by atoms with van der Waals surface area (Å²) < 4.78 is 26.0. The van der Waals surface area contributed by atoms with Crippen LogP contribution in [0.25, 0.3) is 11.0 Å². The number of carbonyl (C=O) groups is 1. The first-order chi connectivity index (χ1) is 13.9. The third kappa shape index (κ3) is 4.24. The van der Waals surface area contributed by atoms with Gasteiger partial charge >= 0.3 is 0 Å². The maximum Gasteiger partial charge on any atom is 0.255 e. The predicted octanol–water partition coefficient (Wildman–Crippen LogP) is 3.66. The fourth-order valence-electron chi connectivity index (χ4n) is 4.11. The minimum atomic E-state index is -3.08. The van der Waals surface area contributed by atoms with E-state index in [4.69, 9.17) is 10.1 Å². The zero-order chi connectivity index (χ0) is 22.4. The summed E-state index contributed by atoms with van der Waals surface area (Å²) in [4.78, 5) is 20.4. The van der Waals surface area contributed by atoms with Gasteiger partial charge in [-0.15, -0.1) is 0 Å². The Morgan fingerprint density at radius 1 is 1.33 bits per heavy atom. The molecular formula is C22H34N4O3S. The van der Waals surface area contributed by atoms with Crippen LogP contribution in [0.5, 0.6) is 0 Å². The molecule has 8 heteroatoms. The molecule has 3 rings (SSSR count). The minimum absolute atomic E-state index is 0.0459. The minimum Gasteiger partial charge on any atom is -0.335 e. The smallest absolute Gasteiger partial charge is 0.255 e. The number of aromatic nitrogens is 3. The number of nitrogens with zero attached hydrogens (tertiary/aromatic N) is 4. The van der Waals surface area contributed by atoms with Crippen molar-refractivity contribution in [1.82, 2.24) is 19.7 Å². The standard InChI is InChI=1S/C22H34N4O3S/c1-8-10-25(16-9-11-30(28,29)13-16)21(27)17-12-18(14(2)3)23-20-19(17)15(4)24-26(20)22(5,6)7/h12,14,16H,8-11,13H2,1-7H3. The van der Waals surface area contributed by atoms with Gasteiger partial charge in [-0.2, -0.15) is 5.10 Å². The highest BCUT2D eigenvalue weighted by atomic mass is 32.2. The van der Waals surface area contributed by atoms with Crippen molar-refractivity contribution in [3.63, 3.8) is 0 Å². The molecule has 166 valence electrons. The van der Waals surface area contributed by atoms with E-state index in [9.17, 15) is 13.2 Å². The topological polar surface area (TPSA) is 85.2 Å². The van der Waals surface area contributed by atoms with E-state index in [1.54, 1.807) is 4.90 Å². The Labute approximate surface area is 179 Å². The quantitative estimate of drug-likeness (QED) is 0.717. The molecule has 1 unspecified atom stereocenters. The van der Waals surface area contributed by atoms with Crippen LogP contribution < -0.4 is 0 Å². The number of rotatable bonds is 5. The van der Waals surface area contributed by atoms with Crippen LogP contribution in [0.1, 0.15) is 82.0 Å². The third-order valence-electron chi connectivity index (χ3n) is 5.66. The Balaban J connectivity index is 2.20. The monoisotopic (exact) mass is 434 g/mol. The molecule has 0 N–H and O–H groups in total. The van der Waals surface area contributed by atoms with Gasteiger partial charge in [-0.1, -0.05) is 20.8 Å². The number of hydrogen-bond donors (Lipinski definition) is 0. The van der Waals surface area contributed by atoms with E-state index in [0.29, 0.717) is 24.2 Å². The van der Waals surface area contributed by atoms with Gasteiger partial charge in [0.2, 0.25) is 0 Å². The molecule has 1 fully saturated rings. The molecule has 0 saturated carbocycles. The predicted molar refractivity (Wildman–Crippen MR) is 120 cm³/mol. The number of sulfone groups is 1. The lowest BCUT2D eigenvalue weighted by Crippen LogP contribution is -2.41. The van der Waals surface area contributed by atoms with Crippen LogP contribution in [0.3, 0.4) is 0 Å². The van der Waals surface area contributed by atoms with E-state index in [-0.39, 0.29) is 34.9 Å². The van der Waals surface area contributed by atoms with Crippen LogP contribution in [0, 0.1) is 6.92 Å². The summed E-state index contributed by atoms with van der Waals surface area (Å²) in [5.41, 5.74) is 2.62. The maximum atomic E-state index is 13.8. The van der Waals surface area contributed by atoms with Crippen LogP contribution in [0.15, 0.2) is 6.07 Å². The first-order valence-corrected chi connectivity index (χ1v) is 12.6. The van der Waals surface area contributed by atoms with Gasteiger partial charge in [-0.3, -0.25) is 4.79 Å². The van der Waals surface area contributed by atoms with E-state index in [2.05, 4.69) is 34.6 Å². The molecule has 3 heterocycles. The van der Waals surface area contributed by atoms with Crippen molar-refractivity contribution in [3.8, 4) is 0 Å². The van der Waals surface area contributed by atoms with Crippen LogP contribution in [-0.2, 0) is 15.4 Å². The Hall–Kier alpha value is -1.96. The van der Waals surface area contributed by atoms with Crippen molar-refractivity contribution in [2.75, 3.05) is 18.1 Å². The largest absolute Gasteiger partial charge is 0.335 e. The van der Waals surface area contributed by atoms with E-state index in [1.807, 2.05) is 24.6 Å². The molecule has 0 aromatic carbocycles. The number of aryl methyl sites for hydroxylation is 1. The first-order valence-electron chi connectivity index (χ1n) is 10.8. The summed E-state index contributed by atoms with van der Waals surface area (Å²) in [5.74, 6) is 0.222. The van der Waals surface area contributed by atoms with Crippen molar-refractivity contribution in [2.45, 2.75) is 78.8 Å². The molecule has 0 bridgehead atoms. The lowest BCUT2D eigenvalue weighted by Gasteiger charge is -2.28. The Morgan fingerprint density at radius 2 is 2.00 bits per heavy atom. The van der Waals surface area contributed by atoms with Crippen LogP contribution in [0.4, 0.5) is 0 Å². The van der Waals surface area contributed by atoms with E-state index >= 15 is 0 Å². The fourth-order valence-corrected chi connectivity index (χ4v) is 5.84. The van der Waals surface area contributed by atoms with Crippen molar-refractivity contribution in [1.29, 1.82) is 0 Å². The lowest BCUT2D eigenvalue weighted by molar-refractivity contribution is 0.0699. The van der Waals surface area contributed by atoms with Crippen LogP contribution >= 0.6 is 0 Å². The average Bonchev–Trinajstić information content (AvgIpc) is 3.17. The third-order valence-corrected chi connectivity index (χ3v) is 7.41. The maximum absolute atomic E-state index is 13.8. The van der Waals surface area contributed by atoms with Crippen LogP contribution in [-0.4, -0.2) is 58.1 Å². The van der Waals surface area contributed by atoms with Gasteiger partial charge in [0.1, 0.15) is 0 Å². The van der Waals surface area contributed by atoms with Gasteiger partial charge in [0, 0.05) is 18.3 Å². The second-order valence-corrected chi connectivity index (χ2v) is 11.9. The van der Waals surface area contributed by atoms with Crippen LogP contribution in [0.2, 0.25) is 0 Å². The molecular weight excluding hydrogens is 400 g/mol. The normalized spacial score (nSPS) is 19.0. The number of amides is 1. The van der Waals surface area contributed by atoms with Crippen molar-refractivity contribution in [3.05, 3.63) is 23.0 Å². The lowest BCUT2D eigenvalue weighted by atomic mass is 10.0. The summed E-state index contributed by atoms with van der Waals surface area (Å²) in [6.45, 7) is 14.8. The number of fused-ring (bicyclic) bond motifs is 1. The molecule has 1 amide bonds. The van der Waals surface area contributed by atoms with Crippen molar-refractivity contribution < 1.29 is 13.2 Å². The molecule has 0 radical (unpaired) electrons. The highest BCUT2D eigenvalue weighted by Gasteiger charge is 2.36. The summed E-state index contributed by atoms with van der Waals surface area (Å²) in [6, 6.07) is 1.61. The molecule has 1 saturated heterocycles. The fraction of sp³-hybridized carbons (Fsp3) is 0.682.